The number of aryl methyl sites for hydroxylation is 1. The van der Waals surface area contributed by atoms with Crippen molar-refractivity contribution in [2.24, 2.45) is 7.05 Å². The van der Waals surface area contributed by atoms with Crippen molar-refractivity contribution in [1.82, 2.24) is 14.8 Å². The summed E-state index contributed by atoms with van der Waals surface area (Å²) in [6.07, 6.45) is 0. The van der Waals surface area contributed by atoms with E-state index in [1.807, 2.05) is 30.7 Å². The maximum atomic E-state index is 12.3. The predicted molar refractivity (Wildman–Crippen MR) is 126 cm³/mol. The summed E-state index contributed by atoms with van der Waals surface area (Å²) in [5.41, 5.74) is 3.84. The summed E-state index contributed by atoms with van der Waals surface area (Å²) < 4.78 is 1.91. The Hall–Kier alpha value is -2.51. The van der Waals surface area contributed by atoms with E-state index in [-0.39, 0.29) is 11.7 Å². The van der Waals surface area contributed by atoms with E-state index in [4.69, 9.17) is 11.6 Å². The fraction of sp³-hybridized carbons (Fsp3) is 0.318. The second-order valence-electron chi connectivity index (χ2n) is 6.89. The quantitative estimate of drug-likeness (QED) is 0.495. The summed E-state index contributed by atoms with van der Waals surface area (Å²) in [6, 6.07) is 13.8. The van der Waals surface area contributed by atoms with E-state index in [1.54, 1.807) is 6.07 Å². The van der Waals surface area contributed by atoms with Gasteiger partial charge in [-0.2, -0.15) is 0 Å². The highest BCUT2D eigenvalue weighted by atomic mass is 35.5. The lowest BCUT2D eigenvalue weighted by atomic mass is 10.2. The molecule has 0 aliphatic heterocycles. The third kappa shape index (κ3) is 5.15. The number of thioether (sulfide) groups is 1. The molecule has 0 fully saturated rings. The lowest BCUT2D eigenvalue weighted by Gasteiger charge is -2.21. The molecular formula is C22H26ClN5OS. The van der Waals surface area contributed by atoms with E-state index in [2.05, 4.69) is 58.5 Å². The van der Waals surface area contributed by atoms with Gasteiger partial charge in [0.1, 0.15) is 0 Å². The Bertz CT molecular complexity index is 1010. The number of carbonyl (C=O) groups excluding carboxylic acids is 1. The van der Waals surface area contributed by atoms with E-state index in [0.29, 0.717) is 15.9 Å². The van der Waals surface area contributed by atoms with E-state index in [0.717, 1.165) is 30.0 Å². The molecule has 0 bridgehead atoms. The maximum Gasteiger partial charge on any atom is 0.234 e. The van der Waals surface area contributed by atoms with Gasteiger partial charge in [0.05, 0.1) is 5.75 Å². The van der Waals surface area contributed by atoms with Crippen molar-refractivity contribution in [3.05, 3.63) is 53.1 Å². The zero-order chi connectivity index (χ0) is 21.7. The van der Waals surface area contributed by atoms with Crippen LogP contribution in [-0.4, -0.2) is 39.5 Å². The number of benzene rings is 2. The Morgan fingerprint density at radius 3 is 2.47 bits per heavy atom. The molecule has 8 heteroatoms. The Morgan fingerprint density at radius 2 is 1.83 bits per heavy atom. The molecule has 3 aromatic rings. The molecule has 0 saturated carbocycles. The first-order valence-electron chi connectivity index (χ1n) is 9.86. The van der Waals surface area contributed by atoms with E-state index in [1.165, 1.54) is 17.4 Å². The number of hydrogen-bond donors (Lipinski definition) is 1. The normalized spacial score (nSPS) is 10.8. The zero-order valence-corrected chi connectivity index (χ0v) is 19.2. The number of anilines is 2. The smallest absolute Gasteiger partial charge is 0.234 e. The average Bonchev–Trinajstić information content (AvgIpc) is 3.11. The lowest BCUT2D eigenvalue weighted by Crippen LogP contribution is -2.21. The van der Waals surface area contributed by atoms with Gasteiger partial charge in [-0.05, 0) is 62.7 Å². The highest BCUT2D eigenvalue weighted by Gasteiger charge is 2.14. The number of halogens is 1. The standard InChI is InChI=1S/C22H26ClN5OS/c1-5-28(6-2)18-11-8-16(9-12-18)21-25-26-22(27(21)4)30-14-20(29)24-17-10-7-15(3)19(23)13-17/h7-13H,5-6,14H2,1-4H3,(H,24,29). The van der Waals surface area contributed by atoms with Gasteiger partial charge in [0.15, 0.2) is 11.0 Å². The summed E-state index contributed by atoms with van der Waals surface area (Å²) >= 11 is 7.46. The maximum absolute atomic E-state index is 12.3. The first-order chi connectivity index (χ1) is 14.4. The first kappa shape index (κ1) is 22.2. The van der Waals surface area contributed by atoms with Gasteiger partial charge in [-0.15, -0.1) is 10.2 Å². The number of hydrogen-bond acceptors (Lipinski definition) is 5. The van der Waals surface area contributed by atoms with Gasteiger partial charge in [0, 0.05) is 42.1 Å². The predicted octanol–water partition coefficient (Wildman–Crippen LogP) is 5.02. The molecule has 0 atom stereocenters. The summed E-state index contributed by atoms with van der Waals surface area (Å²) in [5.74, 6) is 0.889. The van der Waals surface area contributed by atoms with Gasteiger partial charge < -0.3 is 14.8 Å². The minimum atomic E-state index is -0.118. The highest BCUT2D eigenvalue weighted by Crippen LogP contribution is 2.25. The van der Waals surface area contributed by atoms with Crippen LogP contribution in [0.2, 0.25) is 5.02 Å². The molecule has 0 spiro atoms. The Balaban J connectivity index is 1.63. The Labute approximate surface area is 186 Å². The molecule has 158 valence electrons. The molecule has 0 unspecified atom stereocenters. The van der Waals surface area contributed by atoms with Crippen LogP contribution in [0, 0.1) is 6.92 Å². The molecule has 0 radical (unpaired) electrons. The van der Waals surface area contributed by atoms with E-state index in [9.17, 15) is 4.79 Å². The van der Waals surface area contributed by atoms with E-state index >= 15 is 0 Å². The van der Waals surface area contributed by atoms with E-state index < -0.39 is 0 Å². The first-order valence-corrected chi connectivity index (χ1v) is 11.2. The van der Waals surface area contributed by atoms with Crippen LogP contribution >= 0.6 is 23.4 Å². The topological polar surface area (TPSA) is 63.1 Å². The van der Waals surface area contributed by atoms with Crippen molar-refractivity contribution in [3.8, 4) is 11.4 Å². The van der Waals surface area contributed by atoms with Crippen molar-refractivity contribution < 1.29 is 4.79 Å². The van der Waals surface area contributed by atoms with Crippen molar-refractivity contribution in [2.75, 3.05) is 29.1 Å². The lowest BCUT2D eigenvalue weighted by molar-refractivity contribution is -0.113. The summed E-state index contributed by atoms with van der Waals surface area (Å²) in [4.78, 5) is 14.6. The molecule has 6 nitrogen and oxygen atoms in total. The van der Waals surface area contributed by atoms with Gasteiger partial charge >= 0.3 is 0 Å². The molecule has 0 saturated heterocycles. The SMILES string of the molecule is CCN(CC)c1ccc(-c2nnc(SCC(=O)Nc3ccc(C)c(Cl)c3)n2C)cc1. The highest BCUT2D eigenvalue weighted by molar-refractivity contribution is 7.99. The van der Waals surface area contributed by atoms with Crippen LogP contribution in [-0.2, 0) is 11.8 Å². The van der Waals surface area contributed by atoms with Crippen LogP contribution in [0.1, 0.15) is 19.4 Å². The van der Waals surface area contributed by atoms with Crippen LogP contribution < -0.4 is 10.2 Å². The van der Waals surface area contributed by atoms with Crippen molar-refractivity contribution in [3.63, 3.8) is 0 Å². The largest absolute Gasteiger partial charge is 0.372 e. The summed E-state index contributed by atoms with van der Waals surface area (Å²) in [5, 5.41) is 12.7. The van der Waals surface area contributed by atoms with Crippen molar-refractivity contribution in [1.29, 1.82) is 0 Å². The number of aromatic nitrogens is 3. The third-order valence-electron chi connectivity index (χ3n) is 4.88. The minimum absolute atomic E-state index is 0.118. The van der Waals surface area contributed by atoms with Crippen LogP contribution in [0.3, 0.4) is 0 Å². The number of nitrogens with one attached hydrogen (secondary N) is 1. The fourth-order valence-electron chi connectivity index (χ4n) is 3.10. The van der Waals surface area contributed by atoms with Gasteiger partial charge in [-0.1, -0.05) is 29.4 Å². The van der Waals surface area contributed by atoms with Crippen molar-refractivity contribution >= 4 is 40.6 Å². The average molecular weight is 444 g/mol. The van der Waals surface area contributed by atoms with Crippen LogP contribution in [0.25, 0.3) is 11.4 Å². The summed E-state index contributed by atoms with van der Waals surface area (Å²) in [7, 11) is 1.91. The van der Waals surface area contributed by atoms with Gasteiger partial charge in [-0.25, -0.2) is 0 Å². The van der Waals surface area contributed by atoms with Gasteiger partial charge in [0.25, 0.3) is 0 Å². The molecule has 1 N–H and O–H groups in total. The summed E-state index contributed by atoms with van der Waals surface area (Å²) in [6.45, 7) is 8.15. The Kier molecular flexibility index (Phi) is 7.39. The molecular weight excluding hydrogens is 418 g/mol. The molecule has 0 aliphatic rings. The molecule has 1 aromatic heterocycles. The van der Waals surface area contributed by atoms with Crippen LogP contribution in [0.5, 0.6) is 0 Å². The third-order valence-corrected chi connectivity index (χ3v) is 6.30. The molecule has 30 heavy (non-hydrogen) atoms. The number of carbonyl (C=O) groups is 1. The van der Waals surface area contributed by atoms with Crippen LogP contribution in [0.4, 0.5) is 11.4 Å². The molecule has 2 aromatic carbocycles. The Morgan fingerprint density at radius 1 is 1.13 bits per heavy atom. The van der Waals surface area contributed by atoms with Crippen LogP contribution in [0.15, 0.2) is 47.6 Å². The zero-order valence-electron chi connectivity index (χ0n) is 17.6. The van der Waals surface area contributed by atoms with Crippen molar-refractivity contribution in [2.45, 2.75) is 25.9 Å². The molecule has 1 amide bonds. The second kappa shape index (κ2) is 10.00. The second-order valence-corrected chi connectivity index (χ2v) is 8.23. The number of amides is 1. The number of rotatable bonds is 8. The monoisotopic (exact) mass is 443 g/mol. The minimum Gasteiger partial charge on any atom is -0.372 e. The fourth-order valence-corrected chi connectivity index (χ4v) is 3.99. The molecule has 0 aliphatic carbocycles. The number of nitrogens with zero attached hydrogens (tertiary/aromatic N) is 4. The molecule has 1 heterocycles. The molecule has 3 rings (SSSR count). The van der Waals surface area contributed by atoms with Gasteiger partial charge in [0.2, 0.25) is 5.91 Å². The van der Waals surface area contributed by atoms with Gasteiger partial charge in [-0.3, -0.25) is 4.79 Å².